The number of nitrogens with one attached hydrogen (secondary N) is 1. The van der Waals surface area contributed by atoms with Crippen LogP contribution in [0.2, 0.25) is 0 Å². The van der Waals surface area contributed by atoms with Crippen molar-refractivity contribution in [3.63, 3.8) is 0 Å². The SMILES string of the molecule is COc1ccc(/C=C/C(=O)NCCc2ccc3c(c2)OCO3)cc1F. The highest BCUT2D eigenvalue weighted by Crippen LogP contribution is 2.32. The third-order valence-electron chi connectivity index (χ3n) is 3.75. The Bertz CT molecular complexity index is 804. The molecule has 0 saturated heterocycles. The number of carbonyl (C=O) groups is 1. The van der Waals surface area contributed by atoms with Crippen LogP contribution in [0.3, 0.4) is 0 Å². The summed E-state index contributed by atoms with van der Waals surface area (Å²) in [6.45, 7) is 0.728. The molecule has 0 unspecified atom stereocenters. The lowest BCUT2D eigenvalue weighted by atomic mass is 10.1. The highest BCUT2D eigenvalue weighted by Gasteiger charge is 2.12. The van der Waals surface area contributed by atoms with Crippen molar-refractivity contribution >= 4 is 12.0 Å². The van der Waals surface area contributed by atoms with E-state index in [1.54, 1.807) is 12.1 Å². The predicted molar refractivity (Wildman–Crippen MR) is 91.3 cm³/mol. The molecule has 25 heavy (non-hydrogen) atoms. The van der Waals surface area contributed by atoms with Crippen molar-refractivity contribution in [2.45, 2.75) is 6.42 Å². The van der Waals surface area contributed by atoms with E-state index in [-0.39, 0.29) is 18.4 Å². The van der Waals surface area contributed by atoms with Crippen molar-refractivity contribution in [1.82, 2.24) is 5.32 Å². The van der Waals surface area contributed by atoms with Gasteiger partial charge in [-0.2, -0.15) is 0 Å². The van der Waals surface area contributed by atoms with Crippen LogP contribution in [0.5, 0.6) is 17.2 Å². The van der Waals surface area contributed by atoms with Gasteiger partial charge in [-0.1, -0.05) is 12.1 Å². The van der Waals surface area contributed by atoms with Gasteiger partial charge in [0.15, 0.2) is 23.1 Å². The summed E-state index contributed by atoms with van der Waals surface area (Å²) in [4.78, 5) is 11.8. The molecule has 1 aliphatic heterocycles. The van der Waals surface area contributed by atoms with E-state index in [1.807, 2.05) is 18.2 Å². The van der Waals surface area contributed by atoms with Crippen molar-refractivity contribution in [2.75, 3.05) is 20.4 Å². The van der Waals surface area contributed by atoms with Gasteiger partial charge in [0.25, 0.3) is 0 Å². The molecule has 6 heteroatoms. The summed E-state index contributed by atoms with van der Waals surface area (Å²) in [6.07, 6.45) is 3.60. The minimum absolute atomic E-state index is 0.172. The second-order valence-corrected chi connectivity index (χ2v) is 5.46. The van der Waals surface area contributed by atoms with Crippen LogP contribution in [-0.2, 0) is 11.2 Å². The number of hydrogen-bond donors (Lipinski definition) is 1. The zero-order chi connectivity index (χ0) is 17.6. The van der Waals surface area contributed by atoms with Gasteiger partial charge in [0.1, 0.15) is 0 Å². The van der Waals surface area contributed by atoms with Gasteiger partial charge < -0.3 is 19.5 Å². The lowest BCUT2D eigenvalue weighted by Gasteiger charge is -2.04. The van der Waals surface area contributed by atoms with Gasteiger partial charge in [-0.25, -0.2) is 4.39 Å². The first kappa shape index (κ1) is 16.8. The molecule has 0 atom stereocenters. The lowest BCUT2D eigenvalue weighted by Crippen LogP contribution is -2.23. The van der Waals surface area contributed by atoms with Crippen LogP contribution in [0.4, 0.5) is 4.39 Å². The number of halogens is 1. The largest absolute Gasteiger partial charge is 0.494 e. The van der Waals surface area contributed by atoms with Crippen LogP contribution in [0.25, 0.3) is 6.08 Å². The average molecular weight is 343 g/mol. The van der Waals surface area contributed by atoms with E-state index >= 15 is 0 Å². The third kappa shape index (κ3) is 4.29. The Labute approximate surface area is 145 Å². The van der Waals surface area contributed by atoms with Crippen LogP contribution in [0.15, 0.2) is 42.5 Å². The Morgan fingerprint density at radius 1 is 1.24 bits per heavy atom. The number of methoxy groups -OCH3 is 1. The average Bonchev–Trinajstić information content (AvgIpc) is 3.08. The summed E-state index contributed by atoms with van der Waals surface area (Å²) < 4.78 is 29.0. The van der Waals surface area contributed by atoms with Crippen LogP contribution >= 0.6 is 0 Å². The topological polar surface area (TPSA) is 56.8 Å². The molecule has 3 rings (SSSR count). The van der Waals surface area contributed by atoms with E-state index in [0.29, 0.717) is 18.5 Å². The zero-order valence-electron chi connectivity index (χ0n) is 13.8. The maximum Gasteiger partial charge on any atom is 0.244 e. The monoisotopic (exact) mass is 343 g/mol. The maximum atomic E-state index is 13.6. The van der Waals surface area contributed by atoms with E-state index in [1.165, 1.54) is 25.3 Å². The first-order valence-corrected chi connectivity index (χ1v) is 7.83. The van der Waals surface area contributed by atoms with Crippen molar-refractivity contribution in [1.29, 1.82) is 0 Å². The Kier molecular flexibility index (Phi) is 5.18. The van der Waals surface area contributed by atoms with Crippen molar-refractivity contribution in [2.24, 2.45) is 0 Å². The van der Waals surface area contributed by atoms with E-state index in [0.717, 1.165) is 17.1 Å². The third-order valence-corrected chi connectivity index (χ3v) is 3.75. The molecule has 2 aromatic carbocycles. The van der Waals surface area contributed by atoms with Crippen LogP contribution in [0, 0.1) is 5.82 Å². The van der Waals surface area contributed by atoms with Gasteiger partial charge in [0, 0.05) is 12.6 Å². The minimum atomic E-state index is -0.465. The molecule has 1 aliphatic rings. The molecule has 1 N–H and O–H groups in total. The molecule has 130 valence electrons. The summed E-state index contributed by atoms with van der Waals surface area (Å²) in [5.74, 6) is 0.933. The quantitative estimate of drug-likeness (QED) is 0.820. The van der Waals surface area contributed by atoms with Gasteiger partial charge in [-0.15, -0.1) is 0 Å². The lowest BCUT2D eigenvalue weighted by molar-refractivity contribution is -0.116. The van der Waals surface area contributed by atoms with Gasteiger partial charge in [-0.05, 0) is 47.9 Å². The molecule has 0 spiro atoms. The molecule has 0 fully saturated rings. The van der Waals surface area contributed by atoms with E-state index in [2.05, 4.69) is 5.32 Å². The molecule has 0 radical (unpaired) electrons. The molecule has 0 bridgehead atoms. The smallest absolute Gasteiger partial charge is 0.244 e. The Balaban J connectivity index is 1.48. The van der Waals surface area contributed by atoms with Gasteiger partial charge in [-0.3, -0.25) is 4.79 Å². The number of benzene rings is 2. The first-order valence-electron chi connectivity index (χ1n) is 7.83. The highest BCUT2D eigenvalue weighted by molar-refractivity contribution is 5.91. The fourth-order valence-corrected chi connectivity index (χ4v) is 2.44. The fraction of sp³-hybridized carbons (Fsp3) is 0.211. The number of fused-ring (bicyclic) bond motifs is 1. The zero-order valence-corrected chi connectivity index (χ0v) is 13.8. The number of hydrogen-bond acceptors (Lipinski definition) is 4. The van der Waals surface area contributed by atoms with Gasteiger partial charge in [0.05, 0.1) is 7.11 Å². The molecule has 1 heterocycles. The Morgan fingerprint density at radius 3 is 2.88 bits per heavy atom. The molecule has 0 aromatic heterocycles. The van der Waals surface area contributed by atoms with E-state index < -0.39 is 5.82 Å². The molecule has 0 aliphatic carbocycles. The van der Waals surface area contributed by atoms with E-state index in [9.17, 15) is 9.18 Å². The molecule has 5 nitrogen and oxygen atoms in total. The van der Waals surface area contributed by atoms with Crippen LogP contribution in [0.1, 0.15) is 11.1 Å². The molecule has 1 amide bonds. The molecule has 2 aromatic rings. The van der Waals surface area contributed by atoms with Gasteiger partial charge >= 0.3 is 0 Å². The van der Waals surface area contributed by atoms with Crippen molar-refractivity contribution in [3.8, 4) is 17.2 Å². The second-order valence-electron chi connectivity index (χ2n) is 5.46. The molecule has 0 saturated carbocycles. The van der Waals surface area contributed by atoms with Crippen LogP contribution in [-0.4, -0.2) is 26.4 Å². The highest BCUT2D eigenvalue weighted by atomic mass is 19.1. The standard InChI is InChI=1S/C19H18FNO4/c1-23-16-5-2-13(10-15(16)20)4-7-19(22)21-9-8-14-3-6-17-18(11-14)25-12-24-17/h2-7,10-11H,8-9,12H2,1H3,(H,21,22)/b7-4+. The number of ether oxygens (including phenoxy) is 3. The maximum absolute atomic E-state index is 13.6. The van der Waals surface area contributed by atoms with Crippen LogP contribution < -0.4 is 19.5 Å². The molecular weight excluding hydrogens is 325 g/mol. The summed E-state index contributed by atoms with van der Waals surface area (Å²) in [5.41, 5.74) is 1.63. The van der Waals surface area contributed by atoms with Gasteiger partial charge in [0.2, 0.25) is 12.7 Å². The second kappa shape index (κ2) is 7.70. The number of amides is 1. The van der Waals surface area contributed by atoms with Crippen molar-refractivity contribution < 1.29 is 23.4 Å². The fourth-order valence-electron chi connectivity index (χ4n) is 2.44. The Hall–Kier alpha value is -3.02. The summed E-state index contributed by atoms with van der Waals surface area (Å²) in [7, 11) is 1.40. The summed E-state index contributed by atoms with van der Waals surface area (Å²) >= 11 is 0. The van der Waals surface area contributed by atoms with E-state index in [4.69, 9.17) is 14.2 Å². The normalized spacial score (nSPS) is 12.4. The minimum Gasteiger partial charge on any atom is -0.494 e. The molecular formula is C19H18FNO4. The van der Waals surface area contributed by atoms with Crippen molar-refractivity contribution in [3.05, 3.63) is 59.4 Å². The summed E-state index contributed by atoms with van der Waals surface area (Å²) in [6, 6.07) is 10.2. The number of carbonyl (C=O) groups excluding carboxylic acids is 1. The summed E-state index contributed by atoms with van der Waals surface area (Å²) in [5, 5.41) is 2.79. The first-order chi connectivity index (χ1) is 12.2. The predicted octanol–water partition coefficient (Wildman–Crippen LogP) is 2.94. The Morgan fingerprint density at radius 2 is 2.08 bits per heavy atom. The number of rotatable bonds is 6.